The van der Waals surface area contributed by atoms with E-state index >= 15 is 0 Å². The first kappa shape index (κ1) is 13.6. The van der Waals surface area contributed by atoms with E-state index in [9.17, 15) is 4.39 Å². The zero-order chi connectivity index (χ0) is 13.8. The van der Waals surface area contributed by atoms with Crippen LogP contribution >= 0.6 is 15.9 Å². The molecule has 0 fully saturated rings. The molecule has 0 atom stereocenters. The number of benzene rings is 2. The van der Waals surface area contributed by atoms with E-state index in [1.54, 1.807) is 12.1 Å². The molecule has 0 aliphatic heterocycles. The van der Waals surface area contributed by atoms with E-state index in [4.69, 9.17) is 5.26 Å². The van der Waals surface area contributed by atoms with Gasteiger partial charge < -0.3 is 4.90 Å². The van der Waals surface area contributed by atoms with Gasteiger partial charge in [-0.3, -0.25) is 0 Å². The quantitative estimate of drug-likeness (QED) is 0.852. The van der Waals surface area contributed by atoms with E-state index in [-0.39, 0.29) is 5.82 Å². The van der Waals surface area contributed by atoms with Crippen LogP contribution in [0.2, 0.25) is 0 Å². The van der Waals surface area contributed by atoms with Gasteiger partial charge in [0.25, 0.3) is 0 Å². The Hall–Kier alpha value is -1.86. The second-order valence-corrected chi connectivity index (χ2v) is 5.18. The first-order chi connectivity index (χ1) is 9.10. The summed E-state index contributed by atoms with van der Waals surface area (Å²) in [6.45, 7) is 0.607. The Bertz CT molecular complexity index is 617. The summed E-state index contributed by atoms with van der Waals surface area (Å²) in [6.07, 6.45) is 0. The van der Waals surface area contributed by atoms with Crippen LogP contribution in [0.3, 0.4) is 0 Å². The monoisotopic (exact) mass is 318 g/mol. The minimum atomic E-state index is -0.376. The highest BCUT2D eigenvalue weighted by Gasteiger charge is 2.09. The predicted molar refractivity (Wildman–Crippen MR) is 77.4 cm³/mol. The molecule has 0 saturated heterocycles. The smallest absolute Gasteiger partial charge is 0.147 e. The van der Waals surface area contributed by atoms with Gasteiger partial charge in [-0.1, -0.05) is 28.1 Å². The summed E-state index contributed by atoms with van der Waals surface area (Å²) in [6, 6.07) is 14.3. The van der Waals surface area contributed by atoms with E-state index in [1.165, 1.54) is 6.07 Å². The van der Waals surface area contributed by atoms with Gasteiger partial charge in [0.2, 0.25) is 0 Å². The molecule has 2 rings (SSSR count). The van der Waals surface area contributed by atoms with Crippen molar-refractivity contribution in [2.45, 2.75) is 6.54 Å². The largest absolute Gasteiger partial charge is 0.368 e. The van der Waals surface area contributed by atoms with Crippen molar-refractivity contribution in [1.82, 2.24) is 0 Å². The number of anilines is 1. The fourth-order valence-electron chi connectivity index (χ4n) is 1.83. The first-order valence-corrected chi connectivity index (χ1v) is 6.54. The molecule has 0 bridgehead atoms. The second kappa shape index (κ2) is 5.85. The van der Waals surface area contributed by atoms with Crippen LogP contribution in [-0.2, 0) is 6.54 Å². The molecule has 96 valence electrons. The summed E-state index contributed by atoms with van der Waals surface area (Å²) in [5.74, 6) is -0.376. The Morgan fingerprint density at radius 2 is 1.89 bits per heavy atom. The van der Waals surface area contributed by atoms with Crippen molar-refractivity contribution < 1.29 is 4.39 Å². The first-order valence-electron chi connectivity index (χ1n) is 5.75. The van der Waals surface area contributed by atoms with Crippen LogP contribution in [-0.4, -0.2) is 7.05 Å². The van der Waals surface area contributed by atoms with Crippen LogP contribution in [0.1, 0.15) is 11.1 Å². The third-order valence-electron chi connectivity index (χ3n) is 2.82. The van der Waals surface area contributed by atoms with E-state index in [2.05, 4.69) is 15.9 Å². The Morgan fingerprint density at radius 3 is 2.47 bits per heavy atom. The lowest BCUT2D eigenvalue weighted by atomic mass is 10.1. The normalized spacial score (nSPS) is 10.0. The number of nitrogens with zero attached hydrogens (tertiary/aromatic N) is 2. The second-order valence-electron chi connectivity index (χ2n) is 4.26. The van der Waals surface area contributed by atoms with Crippen molar-refractivity contribution in [3.63, 3.8) is 0 Å². The maximum Gasteiger partial charge on any atom is 0.147 e. The minimum absolute atomic E-state index is 0.332. The lowest BCUT2D eigenvalue weighted by molar-refractivity contribution is 0.622. The SMILES string of the molecule is CN(Cc1ccc(Br)cc1)c1ccc(C#N)cc1F. The Kier molecular flexibility index (Phi) is 4.18. The standard InChI is InChI=1S/C15H12BrFN2/c1-19(10-11-2-5-13(16)6-3-11)15-7-4-12(9-18)8-14(15)17/h2-8H,10H2,1H3. The fourth-order valence-corrected chi connectivity index (χ4v) is 2.10. The topological polar surface area (TPSA) is 27.0 Å². The van der Waals surface area contributed by atoms with Gasteiger partial charge in [0.15, 0.2) is 0 Å². The zero-order valence-electron chi connectivity index (χ0n) is 10.4. The number of hydrogen-bond acceptors (Lipinski definition) is 2. The van der Waals surface area contributed by atoms with Crippen LogP contribution in [0.5, 0.6) is 0 Å². The van der Waals surface area contributed by atoms with Crippen molar-refractivity contribution in [2.75, 3.05) is 11.9 Å². The highest BCUT2D eigenvalue weighted by atomic mass is 79.9. The molecule has 0 aromatic heterocycles. The molecule has 0 unspecified atom stereocenters. The summed E-state index contributed by atoms with van der Waals surface area (Å²) in [5.41, 5.74) is 1.91. The van der Waals surface area contributed by atoms with Gasteiger partial charge in [-0.15, -0.1) is 0 Å². The Morgan fingerprint density at radius 1 is 1.21 bits per heavy atom. The van der Waals surface area contributed by atoms with Crippen LogP contribution < -0.4 is 4.90 Å². The van der Waals surface area contributed by atoms with Crippen molar-refractivity contribution >= 4 is 21.6 Å². The minimum Gasteiger partial charge on any atom is -0.368 e. The fraction of sp³-hybridized carbons (Fsp3) is 0.133. The van der Waals surface area contributed by atoms with Gasteiger partial charge in [0, 0.05) is 18.1 Å². The van der Waals surface area contributed by atoms with Gasteiger partial charge in [-0.25, -0.2) is 4.39 Å². The van der Waals surface area contributed by atoms with Crippen molar-refractivity contribution in [3.8, 4) is 6.07 Å². The molecule has 2 aromatic rings. The third-order valence-corrected chi connectivity index (χ3v) is 3.35. The molecule has 0 aliphatic rings. The van der Waals surface area contributed by atoms with Crippen molar-refractivity contribution in [1.29, 1.82) is 5.26 Å². The lowest BCUT2D eigenvalue weighted by Crippen LogP contribution is -2.17. The molecule has 0 N–H and O–H groups in total. The molecule has 0 heterocycles. The van der Waals surface area contributed by atoms with Gasteiger partial charge in [-0.2, -0.15) is 5.26 Å². The van der Waals surface area contributed by atoms with Crippen LogP contribution in [0.4, 0.5) is 10.1 Å². The van der Waals surface area contributed by atoms with Gasteiger partial charge in [-0.05, 0) is 35.9 Å². The van der Waals surface area contributed by atoms with E-state index in [0.717, 1.165) is 10.0 Å². The zero-order valence-corrected chi connectivity index (χ0v) is 12.0. The Labute approximate surface area is 120 Å². The molecule has 0 aliphatic carbocycles. The maximum absolute atomic E-state index is 13.9. The number of rotatable bonds is 3. The highest BCUT2D eigenvalue weighted by molar-refractivity contribution is 9.10. The molecule has 4 heteroatoms. The van der Waals surface area contributed by atoms with Crippen LogP contribution in [0, 0.1) is 17.1 Å². The summed E-state index contributed by atoms with van der Waals surface area (Å²) < 4.78 is 14.9. The third kappa shape index (κ3) is 3.33. The molecule has 0 amide bonds. The summed E-state index contributed by atoms with van der Waals surface area (Å²) in [5, 5.41) is 8.72. The van der Waals surface area contributed by atoms with Crippen molar-refractivity contribution in [2.24, 2.45) is 0 Å². The molecule has 2 nitrogen and oxygen atoms in total. The van der Waals surface area contributed by atoms with Gasteiger partial charge >= 0.3 is 0 Å². The molecule has 19 heavy (non-hydrogen) atoms. The molecular weight excluding hydrogens is 307 g/mol. The molecule has 0 saturated carbocycles. The van der Waals surface area contributed by atoms with Crippen LogP contribution in [0.25, 0.3) is 0 Å². The molecule has 0 radical (unpaired) electrons. The molecule has 0 spiro atoms. The van der Waals surface area contributed by atoms with Crippen LogP contribution in [0.15, 0.2) is 46.9 Å². The van der Waals surface area contributed by atoms with Crippen molar-refractivity contribution in [3.05, 3.63) is 63.9 Å². The van der Waals surface area contributed by atoms with E-state index in [1.807, 2.05) is 42.3 Å². The molecule has 2 aromatic carbocycles. The number of halogens is 2. The number of hydrogen-bond donors (Lipinski definition) is 0. The highest BCUT2D eigenvalue weighted by Crippen LogP contribution is 2.21. The van der Waals surface area contributed by atoms with E-state index < -0.39 is 0 Å². The summed E-state index contributed by atoms with van der Waals surface area (Å²) in [4.78, 5) is 1.82. The average molecular weight is 319 g/mol. The number of nitriles is 1. The summed E-state index contributed by atoms with van der Waals surface area (Å²) >= 11 is 3.38. The van der Waals surface area contributed by atoms with Gasteiger partial charge in [0.1, 0.15) is 5.82 Å². The average Bonchev–Trinajstić information content (AvgIpc) is 2.41. The lowest BCUT2D eigenvalue weighted by Gasteiger charge is -2.20. The Balaban J connectivity index is 2.18. The van der Waals surface area contributed by atoms with E-state index in [0.29, 0.717) is 17.8 Å². The van der Waals surface area contributed by atoms with Gasteiger partial charge in [0.05, 0.1) is 17.3 Å². The summed E-state index contributed by atoms with van der Waals surface area (Å²) in [7, 11) is 1.83. The molecular formula is C15H12BrFN2. The maximum atomic E-state index is 13.9. The predicted octanol–water partition coefficient (Wildman–Crippen LogP) is 4.10.